The standard InChI is InChI=1S/C17H19NO2/c19-17-13-8-4-3-7-12(13)14-10-20-16(9-15(14)18-17)11-5-1-2-6-11/h3-4,7-8,11,16H,1-2,5-6,9-10H2,(H,18,19)/t16-/m0/s1. The summed E-state index contributed by atoms with van der Waals surface area (Å²) < 4.78 is 6.11. The molecule has 1 aliphatic carbocycles. The Morgan fingerprint density at radius 3 is 2.65 bits per heavy atom. The van der Waals surface area contributed by atoms with Crippen molar-refractivity contribution in [1.82, 2.24) is 4.98 Å². The van der Waals surface area contributed by atoms with Crippen molar-refractivity contribution >= 4 is 10.8 Å². The molecule has 2 aliphatic rings. The van der Waals surface area contributed by atoms with Gasteiger partial charge in [0.1, 0.15) is 0 Å². The topological polar surface area (TPSA) is 42.1 Å². The van der Waals surface area contributed by atoms with Crippen molar-refractivity contribution in [3.05, 3.63) is 45.9 Å². The quantitative estimate of drug-likeness (QED) is 0.864. The Morgan fingerprint density at radius 2 is 1.85 bits per heavy atom. The van der Waals surface area contributed by atoms with E-state index in [4.69, 9.17) is 4.74 Å². The van der Waals surface area contributed by atoms with E-state index in [1.54, 1.807) is 0 Å². The summed E-state index contributed by atoms with van der Waals surface area (Å²) in [7, 11) is 0. The second-order valence-electron chi connectivity index (χ2n) is 6.05. The first-order chi connectivity index (χ1) is 9.83. The normalized spacial score (nSPS) is 23.1. The van der Waals surface area contributed by atoms with Crippen LogP contribution < -0.4 is 5.56 Å². The van der Waals surface area contributed by atoms with Gasteiger partial charge in [0.15, 0.2) is 0 Å². The van der Waals surface area contributed by atoms with Crippen molar-refractivity contribution in [3.63, 3.8) is 0 Å². The molecule has 4 rings (SSSR count). The van der Waals surface area contributed by atoms with E-state index in [0.717, 1.165) is 22.9 Å². The minimum absolute atomic E-state index is 0.0337. The number of benzene rings is 1. The van der Waals surface area contributed by atoms with Crippen molar-refractivity contribution < 1.29 is 4.74 Å². The summed E-state index contributed by atoms with van der Waals surface area (Å²) in [4.78, 5) is 15.3. The Kier molecular flexibility index (Phi) is 2.88. The number of ether oxygens (including phenoxy) is 1. The number of rotatable bonds is 1. The minimum atomic E-state index is 0.0337. The molecule has 1 aliphatic heterocycles. The van der Waals surface area contributed by atoms with Gasteiger partial charge in [0, 0.05) is 23.1 Å². The molecule has 1 saturated carbocycles. The summed E-state index contributed by atoms with van der Waals surface area (Å²) in [6, 6.07) is 7.82. The van der Waals surface area contributed by atoms with Gasteiger partial charge in [-0.2, -0.15) is 0 Å². The summed E-state index contributed by atoms with van der Waals surface area (Å²) in [5.74, 6) is 0.679. The highest BCUT2D eigenvalue weighted by Gasteiger charge is 2.30. The molecule has 20 heavy (non-hydrogen) atoms. The van der Waals surface area contributed by atoms with Crippen LogP contribution >= 0.6 is 0 Å². The summed E-state index contributed by atoms with van der Waals surface area (Å²) in [5, 5.41) is 1.82. The van der Waals surface area contributed by atoms with E-state index in [-0.39, 0.29) is 5.56 Å². The average molecular weight is 269 g/mol. The zero-order valence-corrected chi connectivity index (χ0v) is 11.5. The Labute approximate surface area is 118 Å². The van der Waals surface area contributed by atoms with Crippen LogP contribution in [0.1, 0.15) is 36.9 Å². The summed E-state index contributed by atoms with van der Waals surface area (Å²) in [5.41, 5.74) is 2.30. The zero-order valence-electron chi connectivity index (χ0n) is 11.5. The number of H-pyrrole nitrogens is 1. The molecule has 0 saturated heterocycles. The van der Waals surface area contributed by atoms with Crippen LogP contribution in [-0.4, -0.2) is 11.1 Å². The van der Waals surface area contributed by atoms with Gasteiger partial charge in [-0.25, -0.2) is 0 Å². The second kappa shape index (κ2) is 4.74. The molecular formula is C17H19NO2. The molecule has 104 valence electrons. The molecule has 2 aromatic rings. The number of hydrogen-bond acceptors (Lipinski definition) is 2. The lowest BCUT2D eigenvalue weighted by molar-refractivity contribution is -0.00866. The number of hydrogen-bond donors (Lipinski definition) is 1. The highest BCUT2D eigenvalue weighted by molar-refractivity contribution is 5.85. The van der Waals surface area contributed by atoms with Crippen molar-refractivity contribution in [2.75, 3.05) is 0 Å². The number of nitrogens with one attached hydrogen (secondary N) is 1. The lowest BCUT2D eigenvalue weighted by Crippen LogP contribution is -2.31. The Morgan fingerprint density at radius 1 is 1.10 bits per heavy atom. The van der Waals surface area contributed by atoms with Gasteiger partial charge in [-0.3, -0.25) is 4.79 Å². The van der Waals surface area contributed by atoms with E-state index >= 15 is 0 Å². The fourth-order valence-corrected chi connectivity index (χ4v) is 3.81. The van der Waals surface area contributed by atoms with Gasteiger partial charge in [0.2, 0.25) is 0 Å². The first kappa shape index (κ1) is 12.2. The van der Waals surface area contributed by atoms with E-state index in [9.17, 15) is 4.79 Å². The first-order valence-corrected chi connectivity index (χ1v) is 7.57. The number of aromatic nitrogens is 1. The van der Waals surface area contributed by atoms with Gasteiger partial charge >= 0.3 is 0 Å². The van der Waals surface area contributed by atoms with Crippen LogP contribution in [0.5, 0.6) is 0 Å². The van der Waals surface area contributed by atoms with Gasteiger partial charge in [-0.1, -0.05) is 31.0 Å². The van der Waals surface area contributed by atoms with Gasteiger partial charge < -0.3 is 9.72 Å². The molecule has 1 fully saturated rings. The molecule has 0 radical (unpaired) electrons. The first-order valence-electron chi connectivity index (χ1n) is 7.57. The maximum atomic E-state index is 12.2. The Bertz CT molecular complexity index is 698. The maximum absolute atomic E-state index is 12.2. The lowest BCUT2D eigenvalue weighted by Gasteiger charge is -2.30. The van der Waals surface area contributed by atoms with Crippen molar-refractivity contribution in [3.8, 4) is 0 Å². The SMILES string of the molecule is O=c1[nH]c2c(c3ccccc13)CO[C@H](C1CCCC1)C2. The maximum Gasteiger partial charge on any atom is 0.256 e. The molecule has 1 atom stereocenters. The Balaban J connectivity index is 1.76. The van der Waals surface area contributed by atoms with Crippen LogP contribution in [-0.2, 0) is 17.8 Å². The predicted molar refractivity (Wildman–Crippen MR) is 78.8 cm³/mol. The highest BCUT2D eigenvalue weighted by atomic mass is 16.5. The molecule has 3 nitrogen and oxygen atoms in total. The Hall–Kier alpha value is -1.61. The van der Waals surface area contributed by atoms with Crippen molar-refractivity contribution in [2.45, 2.75) is 44.8 Å². The molecule has 0 amide bonds. The molecule has 0 spiro atoms. The smallest absolute Gasteiger partial charge is 0.256 e. The summed E-state index contributed by atoms with van der Waals surface area (Å²) >= 11 is 0. The van der Waals surface area contributed by atoms with E-state index in [1.165, 1.54) is 31.2 Å². The summed E-state index contributed by atoms with van der Waals surface area (Å²) in [6.45, 7) is 0.633. The van der Waals surface area contributed by atoms with Gasteiger partial charge in [0.05, 0.1) is 12.7 Å². The number of aromatic amines is 1. The number of pyridine rings is 1. The van der Waals surface area contributed by atoms with E-state index in [2.05, 4.69) is 4.98 Å². The van der Waals surface area contributed by atoms with E-state index in [0.29, 0.717) is 18.6 Å². The lowest BCUT2D eigenvalue weighted by atomic mass is 9.91. The molecule has 1 aromatic heterocycles. The molecule has 0 bridgehead atoms. The predicted octanol–water partition coefficient (Wildman–Crippen LogP) is 3.16. The number of fused-ring (bicyclic) bond motifs is 3. The third-order valence-corrected chi connectivity index (χ3v) is 4.90. The van der Waals surface area contributed by atoms with Crippen LogP contribution in [0.3, 0.4) is 0 Å². The molecule has 1 N–H and O–H groups in total. The third kappa shape index (κ3) is 1.88. The van der Waals surface area contributed by atoms with Gasteiger partial charge in [-0.15, -0.1) is 0 Å². The third-order valence-electron chi connectivity index (χ3n) is 4.90. The monoisotopic (exact) mass is 269 g/mol. The zero-order chi connectivity index (χ0) is 13.5. The van der Waals surface area contributed by atoms with Crippen LogP contribution in [0, 0.1) is 5.92 Å². The van der Waals surface area contributed by atoms with Crippen LogP contribution in [0.25, 0.3) is 10.8 Å². The molecule has 0 unspecified atom stereocenters. The average Bonchev–Trinajstić information content (AvgIpc) is 3.01. The fraction of sp³-hybridized carbons (Fsp3) is 0.471. The van der Waals surface area contributed by atoms with Crippen LogP contribution in [0.15, 0.2) is 29.1 Å². The van der Waals surface area contributed by atoms with E-state index in [1.807, 2.05) is 24.3 Å². The van der Waals surface area contributed by atoms with E-state index < -0.39 is 0 Å². The van der Waals surface area contributed by atoms with Gasteiger partial charge in [0.25, 0.3) is 5.56 Å². The minimum Gasteiger partial charge on any atom is -0.373 e. The molecule has 3 heteroatoms. The molecule has 2 heterocycles. The van der Waals surface area contributed by atoms with Crippen LogP contribution in [0.4, 0.5) is 0 Å². The largest absolute Gasteiger partial charge is 0.373 e. The second-order valence-corrected chi connectivity index (χ2v) is 6.05. The fourth-order valence-electron chi connectivity index (χ4n) is 3.81. The van der Waals surface area contributed by atoms with Crippen molar-refractivity contribution in [1.29, 1.82) is 0 Å². The highest BCUT2D eigenvalue weighted by Crippen LogP contribution is 2.34. The molecule has 1 aromatic carbocycles. The van der Waals surface area contributed by atoms with Crippen LogP contribution in [0.2, 0.25) is 0 Å². The van der Waals surface area contributed by atoms with Crippen molar-refractivity contribution in [2.24, 2.45) is 5.92 Å². The van der Waals surface area contributed by atoms with Gasteiger partial charge in [-0.05, 0) is 30.2 Å². The summed E-state index contributed by atoms with van der Waals surface area (Å²) in [6.07, 6.45) is 6.36. The molecular weight excluding hydrogens is 250 g/mol.